The van der Waals surface area contributed by atoms with Gasteiger partial charge in [0, 0.05) is 17.8 Å². The van der Waals surface area contributed by atoms with Crippen LogP contribution in [-0.2, 0) is 10.0 Å². The maximum atomic E-state index is 12.5. The van der Waals surface area contributed by atoms with E-state index in [1.165, 1.54) is 12.3 Å². The zero-order valence-corrected chi connectivity index (χ0v) is 13.3. The Labute approximate surface area is 132 Å². The summed E-state index contributed by atoms with van der Waals surface area (Å²) in [5, 5.41) is 3.57. The second-order valence-electron chi connectivity index (χ2n) is 4.74. The molecule has 0 unspecified atom stereocenters. The predicted molar refractivity (Wildman–Crippen MR) is 82.7 cm³/mol. The lowest BCUT2D eigenvalue weighted by atomic mass is 10.3. The molecular weight excluding hydrogens is 320 g/mol. The Morgan fingerprint density at radius 2 is 1.87 bits per heavy atom. The fourth-order valence-electron chi connectivity index (χ4n) is 2.07. The van der Waals surface area contributed by atoms with Crippen molar-refractivity contribution in [2.45, 2.75) is 11.8 Å². The quantitative estimate of drug-likeness (QED) is 0.770. The van der Waals surface area contributed by atoms with Crippen LogP contribution in [-0.4, -0.2) is 20.7 Å². The van der Waals surface area contributed by atoms with E-state index in [0.29, 0.717) is 23.0 Å². The Bertz CT molecular complexity index is 896. The molecule has 7 nitrogen and oxygen atoms in total. The maximum absolute atomic E-state index is 12.5. The zero-order valence-electron chi connectivity index (χ0n) is 12.4. The number of nitrogens with zero attached hydrogens (tertiary/aromatic N) is 1. The summed E-state index contributed by atoms with van der Waals surface area (Å²) >= 11 is 0. The van der Waals surface area contributed by atoms with Crippen LogP contribution in [0, 0.1) is 6.92 Å². The van der Waals surface area contributed by atoms with Gasteiger partial charge in [0.15, 0.2) is 5.76 Å². The lowest BCUT2D eigenvalue weighted by Crippen LogP contribution is -2.13. The highest BCUT2D eigenvalue weighted by atomic mass is 32.2. The number of aromatic nitrogens is 1. The molecule has 0 aliphatic heterocycles. The molecule has 0 saturated heterocycles. The van der Waals surface area contributed by atoms with E-state index in [0.717, 1.165) is 0 Å². The molecule has 0 aliphatic rings. The third kappa shape index (κ3) is 3.07. The van der Waals surface area contributed by atoms with E-state index in [-0.39, 0.29) is 10.7 Å². The minimum atomic E-state index is -3.78. The summed E-state index contributed by atoms with van der Waals surface area (Å²) in [7, 11) is -2.24. The van der Waals surface area contributed by atoms with Gasteiger partial charge < -0.3 is 13.7 Å². The first-order chi connectivity index (χ1) is 11.0. The summed E-state index contributed by atoms with van der Waals surface area (Å²) in [6.45, 7) is 1.57. The van der Waals surface area contributed by atoms with Crippen LogP contribution in [0.15, 0.2) is 56.4 Å². The van der Waals surface area contributed by atoms with Crippen LogP contribution in [0.4, 0.5) is 5.69 Å². The van der Waals surface area contributed by atoms with E-state index in [1.807, 2.05) is 0 Å². The molecule has 3 aromatic rings. The standard InChI is InChI=1S/C15H14N2O5S/c1-10-15(9-14(21-10)13-7-8-16-22-13)23(18,19)17-11-3-5-12(20-2)6-4-11/h3-9,17H,1-2H3. The van der Waals surface area contributed by atoms with Crippen LogP contribution in [0.1, 0.15) is 5.76 Å². The van der Waals surface area contributed by atoms with Crippen molar-refractivity contribution in [3.63, 3.8) is 0 Å². The van der Waals surface area contributed by atoms with Crippen LogP contribution < -0.4 is 9.46 Å². The highest BCUT2D eigenvalue weighted by Crippen LogP contribution is 2.29. The van der Waals surface area contributed by atoms with Crippen molar-refractivity contribution in [3.05, 3.63) is 48.4 Å². The summed E-state index contributed by atoms with van der Waals surface area (Å²) < 4.78 is 43.0. The number of anilines is 1. The zero-order chi connectivity index (χ0) is 16.4. The molecule has 1 N–H and O–H groups in total. The summed E-state index contributed by atoms with van der Waals surface area (Å²) in [4.78, 5) is 0.0414. The fourth-order valence-corrected chi connectivity index (χ4v) is 3.30. The number of hydrogen-bond acceptors (Lipinski definition) is 6. The molecule has 0 atom stereocenters. The highest BCUT2D eigenvalue weighted by molar-refractivity contribution is 7.92. The molecule has 0 saturated carbocycles. The van der Waals surface area contributed by atoms with Crippen molar-refractivity contribution in [1.82, 2.24) is 5.16 Å². The molecule has 2 heterocycles. The summed E-state index contributed by atoms with van der Waals surface area (Å²) in [5.41, 5.74) is 0.424. The second-order valence-corrected chi connectivity index (χ2v) is 6.39. The molecule has 0 fully saturated rings. The Hall–Kier alpha value is -2.74. The number of nitrogens with one attached hydrogen (secondary N) is 1. The van der Waals surface area contributed by atoms with E-state index in [1.54, 1.807) is 44.4 Å². The third-order valence-electron chi connectivity index (χ3n) is 3.18. The first-order valence-corrected chi connectivity index (χ1v) is 8.16. The first kappa shape index (κ1) is 15.2. The lowest BCUT2D eigenvalue weighted by Gasteiger charge is -2.07. The predicted octanol–water partition coefficient (Wildman–Crippen LogP) is 3.05. The minimum absolute atomic E-state index is 0.0414. The van der Waals surface area contributed by atoms with Gasteiger partial charge in [-0.25, -0.2) is 8.42 Å². The second kappa shape index (κ2) is 5.81. The van der Waals surface area contributed by atoms with Gasteiger partial charge in [0.05, 0.1) is 13.3 Å². The van der Waals surface area contributed by atoms with E-state index >= 15 is 0 Å². The molecule has 2 aromatic heterocycles. The normalized spacial score (nSPS) is 11.4. The number of aryl methyl sites for hydroxylation is 1. The third-order valence-corrected chi connectivity index (χ3v) is 4.67. The molecule has 23 heavy (non-hydrogen) atoms. The minimum Gasteiger partial charge on any atom is -0.497 e. The van der Waals surface area contributed by atoms with Crippen LogP contribution >= 0.6 is 0 Å². The number of ether oxygens (including phenoxy) is 1. The number of benzene rings is 1. The van der Waals surface area contributed by atoms with E-state index in [9.17, 15) is 8.42 Å². The number of sulfonamides is 1. The molecule has 0 bridgehead atoms. The van der Waals surface area contributed by atoms with Crippen molar-refractivity contribution < 1.29 is 22.1 Å². The number of rotatable bonds is 5. The molecule has 0 aliphatic carbocycles. The van der Waals surface area contributed by atoms with Crippen molar-refractivity contribution in [2.24, 2.45) is 0 Å². The lowest BCUT2D eigenvalue weighted by molar-refractivity contribution is 0.414. The van der Waals surface area contributed by atoms with Gasteiger partial charge in [0.2, 0.25) is 5.76 Å². The van der Waals surface area contributed by atoms with E-state index < -0.39 is 10.0 Å². The Balaban J connectivity index is 1.90. The Morgan fingerprint density at radius 3 is 2.48 bits per heavy atom. The molecule has 1 aromatic carbocycles. The fraction of sp³-hybridized carbons (Fsp3) is 0.133. The number of hydrogen-bond donors (Lipinski definition) is 1. The summed E-state index contributed by atoms with van der Waals surface area (Å²) in [6.07, 6.45) is 1.46. The van der Waals surface area contributed by atoms with Crippen LogP contribution in [0.25, 0.3) is 11.5 Å². The van der Waals surface area contributed by atoms with Crippen LogP contribution in [0.3, 0.4) is 0 Å². The van der Waals surface area contributed by atoms with Crippen LogP contribution in [0.5, 0.6) is 5.75 Å². The number of methoxy groups -OCH3 is 1. The van der Waals surface area contributed by atoms with E-state index in [2.05, 4.69) is 9.88 Å². The molecule has 8 heteroatoms. The molecule has 0 amide bonds. The van der Waals surface area contributed by atoms with Crippen molar-refractivity contribution in [3.8, 4) is 17.3 Å². The SMILES string of the molecule is COc1ccc(NS(=O)(=O)c2cc(-c3ccno3)oc2C)cc1. The number of furan rings is 1. The Kier molecular flexibility index (Phi) is 3.83. The van der Waals surface area contributed by atoms with Crippen molar-refractivity contribution in [1.29, 1.82) is 0 Å². The monoisotopic (exact) mass is 334 g/mol. The topological polar surface area (TPSA) is 94.6 Å². The average molecular weight is 334 g/mol. The van der Waals surface area contributed by atoms with E-state index in [4.69, 9.17) is 13.7 Å². The van der Waals surface area contributed by atoms with Gasteiger partial charge >= 0.3 is 0 Å². The van der Waals surface area contributed by atoms with Gasteiger partial charge in [-0.15, -0.1) is 0 Å². The summed E-state index contributed by atoms with van der Waals surface area (Å²) in [5.74, 6) is 1.56. The van der Waals surface area contributed by atoms with Crippen molar-refractivity contribution in [2.75, 3.05) is 11.8 Å². The van der Waals surface area contributed by atoms with Gasteiger partial charge in [0.1, 0.15) is 16.4 Å². The summed E-state index contributed by atoms with van der Waals surface area (Å²) in [6, 6.07) is 9.56. The molecule has 3 rings (SSSR count). The molecule has 120 valence electrons. The van der Waals surface area contributed by atoms with Gasteiger partial charge in [-0.2, -0.15) is 0 Å². The average Bonchev–Trinajstić information content (AvgIpc) is 3.17. The van der Waals surface area contributed by atoms with Gasteiger partial charge in [0.25, 0.3) is 10.0 Å². The largest absolute Gasteiger partial charge is 0.497 e. The maximum Gasteiger partial charge on any atom is 0.265 e. The molecule has 0 radical (unpaired) electrons. The van der Waals surface area contributed by atoms with Gasteiger partial charge in [-0.1, -0.05) is 5.16 Å². The van der Waals surface area contributed by atoms with Crippen molar-refractivity contribution >= 4 is 15.7 Å². The van der Waals surface area contributed by atoms with Gasteiger partial charge in [-0.05, 0) is 31.2 Å². The molecular formula is C15H14N2O5S. The smallest absolute Gasteiger partial charge is 0.265 e. The van der Waals surface area contributed by atoms with Gasteiger partial charge in [-0.3, -0.25) is 4.72 Å². The Morgan fingerprint density at radius 1 is 1.13 bits per heavy atom. The first-order valence-electron chi connectivity index (χ1n) is 6.68. The van der Waals surface area contributed by atoms with Crippen LogP contribution in [0.2, 0.25) is 0 Å². The highest BCUT2D eigenvalue weighted by Gasteiger charge is 2.23. The molecule has 0 spiro atoms.